The fraction of sp³-hybridized carbons (Fsp3) is 0.350. The summed E-state index contributed by atoms with van der Waals surface area (Å²) in [7, 11) is 0. The van der Waals surface area contributed by atoms with Gasteiger partial charge < -0.3 is 15.2 Å². The second kappa shape index (κ2) is 10.2. The highest BCUT2D eigenvalue weighted by Crippen LogP contribution is 2.36. The first-order chi connectivity index (χ1) is 14.4. The predicted molar refractivity (Wildman–Crippen MR) is 105 cm³/mol. The molecule has 170 valence electrons. The molecular weight excluding hydrogens is 448 g/mol. The summed E-state index contributed by atoms with van der Waals surface area (Å²) in [4.78, 5) is 11.7. The number of thioether (sulfide) groups is 1. The molecule has 0 saturated heterocycles. The minimum absolute atomic E-state index is 0.0201. The van der Waals surface area contributed by atoms with Crippen molar-refractivity contribution in [3.05, 3.63) is 53.1 Å². The third kappa shape index (κ3) is 8.23. The Labute approximate surface area is 178 Å². The van der Waals surface area contributed by atoms with Gasteiger partial charge >= 0.3 is 18.3 Å². The van der Waals surface area contributed by atoms with Crippen molar-refractivity contribution in [3.63, 3.8) is 0 Å². The maximum Gasteiger partial charge on any atom is 0.416 e. The molecule has 4 nitrogen and oxygen atoms in total. The molecule has 0 aliphatic rings. The molecule has 0 saturated carbocycles. The van der Waals surface area contributed by atoms with Crippen LogP contribution in [0.5, 0.6) is 11.5 Å². The number of alkyl halides is 6. The van der Waals surface area contributed by atoms with E-state index in [0.717, 1.165) is 12.1 Å². The molecule has 2 aromatic rings. The Kier molecular flexibility index (Phi) is 8.10. The Hall–Kier alpha value is -2.56. The van der Waals surface area contributed by atoms with Gasteiger partial charge in [0.1, 0.15) is 11.5 Å². The SMILES string of the molecule is CCOC(=O)Cc1cc(Oc2ccc(N)cc2CSCC(F)(F)F)cc(C(F)(F)F)c1. The quantitative estimate of drug-likeness (QED) is 0.294. The standard InChI is InChI=1S/C20H19F6NO3S/c1-2-29-18(28)7-12-5-14(20(24,25)26)9-16(6-12)30-17-4-3-15(27)8-13(17)10-31-11-19(21,22)23/h3-6,8-9H,2,7,10-11,27H2,1H3. The van der Waals surface area contributed by atoms with E-state index in [2.05, 4.69) is 0 Å². The average molecular weight is 467 g/mol. The number of rotatable bonds is 8. The van der Waals surface area contributed by atoms with E-state index < -0.39 is 36.1 Å². The van der Waals surface area contributed by atoms with Gasteiger partial charge in [0.15, 0.2) is 0 Å². The fourth-order valence-electron chi connectivity index (χ4n) is 2.58. The van der Waals surface area contributed by atoms with Crippen LogP contribution in [0.3, 0.4) is 0 Å². The molecule has 11 heteroatoms. The molecule has 0 spiro atoms. The van der Waals surface area contributed by atoms with Crippen LogP contribution >= 0.6 is 11.8 Å². The number of benzene rings is 2. The van der Waals surface area contributed by atoms with Gasteiger partial charge in [-0.05, 0) is 48.9 Å². The lowest BCUT2D eigenvalue weighted by molar-refractivity contribution is -0.142. The molecule has 2 aromatic carbocycles. The third-order valence-corrected chi connectivity index (χ3v) is 4.83. The molecule has 0 radical (unpaired) electrons. The first kappa shape index (κ1) is 24.7. The van der Waals surface area contributed by atoms with Crippen molar-refractivity contribution >= 4 is 23.4 Å². The van der Waals surface area contributed by atoms with Gasteiger partial charge in [0, 0.05) is 17.0 Å². The molecule has 0 fully saturated rings. The molecule has 0 aliphatic carbocycles. The van der Waals surface area contributed by atoms with Gasteiger partial charge in [-0.1, -0.05) is 0 Å². The first-order valence-corrected chi connectivity index (χ1v) is 10.1. The van der Waals surface area contributed by atoms with Gasteiger partial charge in [-0.15, -0.1) is 11.8 Å². The first-order valence-electron chi connectivity index (χ1n) is 8.95. The summed E-state index contributed by atoms with van der Waals surface area (Å²) >= 11 is 0.569. The highest BCUT2D eigenvalue weighted by atomic mass is 32.2. The summed E-state index contributed by atoms with van der Waals surface area (Å²) in [5.41, 5.74) is 5.22. The zero-order valence-corrected chi connectivity index (χ0v) is 17.1. The molecule has 2 N–H and O–H groups in total. The Morgan fingerprint density at radius 3 is 2.39 bits per heavy atom. The van der Waals surface area contributed by atoms with Crippen molar-refractivity contribution in [3.8, 4) is 11.5 Å². The Bertz CT molecular complexity index is 915. The Morgan fingerprint density at radius 1 is 1.06 bits per heavy atom. The van der Waals surface area contributed by atoms with E-state index in [-0.39, 0.29) is 35.1 Å². The summed E-state index contributed by atoms with van der Waals surface area (Å²) < 4.78 is 87.5. The van der Waals surface area contributed by atoms with Crippen LogP contribution in [0.25, 0.3) is 0 Å². The second-order valence-electron chi connectivity index (χ2n) is 6.42. The zero-order chi connectivity index (χ0) is 23.2. The number of hydrogen-bond acceptors (Lipinski definition) is 5. The summed E-state index contributed by atoms with van der Waals surface area (Å²) in [6, 6.07) is 6.98. The van der Waals surface area contributed by atoms with Crippen LogP contribution in [-0.4, -0.2) is 24.5 Å². The van der Waals surface area contributed by atoms with E-state index in [9.17, 15) is 31.1 Å². The molecule has 0 unspecified atom stereocenters. The lowest BCUT2D eigenvalue weighted by atomic mass is 10.1. The van der Waals surface area contributed by atoms with E-state index in [1.54, 1.807) is 6.92 Å². The molecule has 0 atom stereocenters. The summed E-state index contributed by atoms with van der Waals surface area (Å²) in [6.07, 6.45) is -9.46. The number of anilines is 1. The van der Waals surface area contributed by atoms with Crippen molar-refractivity contribution in [2.75, 3.05) is 18.1 Å². The topological polar surface area (TPSA) is 61.5 Å². The smallest absolute Gasteiger partial charge is 0.416 e. The second-order valence-corrected chi connectivity index (χ2v) is 7.41. The van der Waals surface area contributed by atoms with Gasteiger partial charge in [0.2, 0.25) is 0 Å². The van der Waals surface area contributed by atoms with E-state index >= 15 is 0 Å². The molecule has 0 heterocycles. The van der Waals surface area contributed by atoms with Crippen LogP contribution in [0.4, 0.5) is 32.0 Å². The van der Waals surface area contributed by atoms with Crippen LogP contribution in [-0.2, 0) is 27.9 Å². The molecule has 2 rings (SSSR count). The number of hydrogen-bond donors (Lipinski definition) is 1. The number of ether oxygens (including phenoxy) is 2. The molecular formula is C20H19F6NO3S. The third-order valence-electron chi connectivity index (χ3n) is 3.78. The molecule has 31 heavy (non-hydrogen) atoms. The Morgan fingerprint density at radius 2 is 1.77 bits per heavy atom. The van der Waals surface area contributed by atoms with Crippen molar-refractivity contribution in [1.29, 1.82) is 0 Å². The van der Waals surface area contributed by atoms with Crippen molar-refractivity contribution < 1.29 is 40.6 Å². The highest BCUT2D eigenvalue weighted by molar-refractivity contribution is 7.98. The largest absolute Gasteiger partial charge is 0.466 e. The fourth-order valence-corrected chi connectivity index (χ4v) is 3.36. The van der Waals surface area contributed by atoms with Crippen molar-refractivity contribution in [2.24, 2.45) is 0 Å². The van der Waals surface area contributed by atoms with Crippen molar-refractivity contribution in [1.82, 2.24) is 0 Å². The monoisotopic (exact) mass is 467 g/mol. The van der Waals surface area contributed by atoms with Crippen LogP contribution in [0, 0.1) is 0 Å². The molecule has 0 aliphatic heterocycles. The molecule has 0 aromatic heterocycles. The number of esters is 1. The average Bonchev–Trinajstić information content (AvgIpc) is 2.62. The van der Waals surface area contributed by atoms with Gasteiger partial charge in [0.25, 0.3) is 0 Å². The van der Waals surface area contributed by atoms with Crippen LogP contribution in [0.2, 0.25) is 0 Å². The summed E-state index contributed by atoms with van der Waals surface area (Å²) in [5.74, 6) is -2.08. The number of nitrogen functional groups attached to an aromatic ring is 1. The lowest BCUT2D eigenvalue weighted by Gasteiger charge is -2.15. The van der Waals surface area contributed by atoms with E-state index in [0.29, 0.717) is 17.3 Å². The minimum Gasteiger partial charge on any atom is -0.466 e. The van der Waals surface area contributed by atoms with Gasteiger partial charge in [-0.3, -0.25) is 4.79 Å². The van der Waals surface area contributed by atoms with Crippen LogP contribution in [0.1, 0.15) is 23.6 Å². The summed E-state index contributed by atoms with van der Waals surface area (Å²) in [5, 5.41) is 0. The molecule has 0 amide bonds. The maximum atomic E-state index is 13.3. The lowest BCUT2D eigenvalue weighted by Crippen LogP contribution is -2.11. The van der Waals surface area contributed by atoms with Gasteiger partial charge in [-0.2, -0.15) is 26.3 Å². The van der Waals surface area contributed by atoms with E-state index in [1.807, 2.05) is 0 Å². The van der Waals surface area contributed by atoms with Gasteiger partial charge in [0.05, 0.1) is 24.3 Å². The number of halogens is 6. The Balaban J connectivity index is 2.33. The minimum atomic E-state index is -4.70. The van der Waals surface area contributed by atoms with Gasteiger partial charge in [-0.25, -0.2) is 0 Å². The summed E-state index contributed by atoms with van der Waals surface area (Å²) in [6.45, 7) is 1.64. The van der Waals surface area contributed by atoms with Crippen LogP contribution < -0.4 is 10.5 Å². The van der Waals surface area contributed by atoms with Crippen LogP contribution in [0.15, 0.2) is 36.4 Å². The number of carbonyl (C=O) groups excluding carboxylic acids is 1. The normalized spacial score (nSPS) is 12.0. The zero-order valence-electron chi connectivity index (χ0n) is 16.3. The number of nitrogens with two attached hydrogens (primary N) is 1. The van der Waals surface area contributed by atoms with Crippen molar-refractivity contribution in [2.45, 2.75) is 31.5 Å². The van der Waals surface area contributed by atoms with E-state index in [4.69, 9.17) is 15.2 Å². The number of carbonyl (C=O) groups is 1. The van der Waals surface area contributed by atoms with E-state index in [1.165, 1.54) is 24.3 Å². The maximum absolute atomic E-state index is 13.3. The predicted octanol–water partition coefficient (Wildman–Crippen LogP) is 5.98. The molecule has 0 bridgehead atoms. The highest BCUT2D eigenvalue weighted by Gasteiger charge is 2.32.